The molecule has 0 bridgehead atoms. The highest BCUT2D eigenvalue weighted by molar-refractivity contribution is 6.05. The number of benzene rings is 1. The second kappa shape index (κ2) is 8.38. The summed E-state index contributed by atoms with van der Waals surface area (Å²) >= 11 is 0. The van der Waals surface area contributed by atoms with Gasteiger partial charge in [-0.25, -0.2) is 4.98 Å². The lowest BCUT2D eigenvalue weighted by Crippen LogP contribution is -2.19. The molecule has 1 saturated heterocycles. The number of nitrogens with zero attached hydrogens (tertiary/aromatic N) is 5. The lowest BCUT2D eigenvalue weighted by molar-refractivity contribution is 0.0849. The van der Waals surface area contributed by atoms with E-state index < -0.39 is 0 Å². The first kappa shape index (κ1) is 21.9. The minimum absolute atomic E-state index is 0.0642. The Kier molecular flexibility index (Phi) is 5.11. The number of nitrogens with one attached hydrogen (secondary N) is 2. The fraction of sp³-hybridized carbons (Fsp3) is 0.481. The van der Waals surface area contributed by atoms with Gasteiger partial charge in [0.25, 0.3) is 5.91 Å². The maximum atomic E-state index is 12.9. The third-order valence-corrected chi connectivity index (χ3v) is 8.06. The molecule has 1 amide bonds. The van der Waals surface area contributed by atoms with Gasteiger partial charge in [-0.1, -0.05) is 6.07 Å². The van der Waals surface area contributed by atoms with E-state index in [4.69, 9.17) is 9.72 Å². The van der Waals surface area contributed by atoms with Gasteiger partial charge in [0.1, 0.15) is 11.6 Å². The van der Waals surface area contributed by atoms with Crippen LogP contribution in [0.4, 0.5) is 11.5 Å². The van der Waals surface area contributed by atoms with Crippen molar-refractivity contribution in [3.8, 4) is 11.4 Å². The summed E-state index contributed by atoms with van der Waals surface area (Å²) in [7, 11) is 4.13. The van der Waals surface area contributed by atoms with E-state index in [2.05, 4.69) is 56.5 Å². The van der Waals surface area contributed by atoms with Crippen LogP contribution in [-0.2, 0) is 24.4 Å². The maximum Gasteiger partial charge on any atom is 0.254 e. The van der Waals surface area contributed by atoms with Gasteiger partial charge in [-0.05, 0) is 74.5 Å². The highest BCUT2D eigenvalue weighted by atomic mass is 16.5. The van der Waals surface area contributed by atoms with E-state index in [1.807, 2.05) is 12.1 Å². The monoisotopic (exact) mass is 485 g/mol. The van der Waals surface area contributed by atoms with Gasteiger partial charge in [0.2, 0.25) is 0 Å². The van der Waals surface area contributed by atoms with Gasteiger partial charge in [-0.3, -0.25) is 4.79 Å². The molecule has 2 atom stereocenters. The number of hydrogen-bond donors (Lipinski definition) is 2. The van der Waals surface area contributed by atoms with Gasteiger partial charge in [0.05, 0.1) is 16.9 Å². The molecule has 2 N–H and O–H groups in total. The normalized spacial score (nSPS) is 22.4. The van der Waals surface area contributed by atoms with Gasteiger partial charge in [0.15, 0.2) is 5.82 Å². The summed E-state index contributed by atoms with van der Waals surface area (Å²) in [5.74, 6) is 4.43. The molecular weight excluding hydrogens is 454 g/mol. The van der Waals surface area contributed by atoms with Crippen molar-refractivity contribution >= 4 is 17.4 Å². The largest absolute Gasteiger partial charge is 0.381 e. The summed E-state index contributed by atoms with van der Waals surface area (Å²) in [4.78, 5) is 20.1. The van der Waals surface area contributed by atoms with E-state index in [1.54, 1.807) is 0 Å². The average molecular weight is 486 g/mol. The Hall–Kier alpha value is -3.30. The molecule has 9 heteroatoms. The zero-order valence-corrected chi connectivity index (χ0v) is 20.8. The van der Waals surface area contributed by atoms with E-state index in [0.29, 0.717) is 23.9 Å². The molecule has 5 heterocycles. The Morgan fingerprint density at radius 1 is 1.17 bits per heavy atom. The number of carbonyl (C=O) groups is 1. The zero-order chi connectivity index (χ0) is 24.4. The van der Waals surface area contributed by atoms with Gasteiger partial charge >= 0.3 is 0 Å². The zero-order valence-electron chi connectivity index (χ0n) is 20.8. The topological polar surface area (TPSA) is 97.2 Å². The standard InChI is InChI=1S/C27H31N7O2/c1-33(2)14-22-17(15-7-9-36-10-8-15)4-6-23(30-22)29-21-5-3-18(20-12-28-27(35)24(20)21)25-31-32-26-19-11-16(19)13-34(25)26/h3-6,15-16,19H,7-14H2,1-2H3,(H,28,35)(H,29,30). The van der Waals surface area contributed by atoms with Crippen LogP contribution in [0.2, 0.25) is 0 Å². The third kappa shape index (κ3) is 3.60. The number of rotatable bonds is 6. The van der Waals surface area contributed by atoms with Gasteiger partial charge in [0, 0.05) is 44.3 Å². The van der Waals surface area contributed by atoms with E-state index >= 15 is 0 Å². The first-order valence-corrected chi connectivity index (χ1v) is 12.9. The van der Waals surface area contributed by atoms with Crippen LogP contribution in [0.15, 0.2) is 24.3 Å². The Bertz CT molecular complexity index is 1360. The Morgan fingerprint density at radius 2 is 2.03 bits per heavy atom. The van der Waals surface area contributed by atoms with Crippen molar-refractivity contribution in [1.29, 1.82) is 0 Å². The number of ether oxygens (including phenoxy) is 1. The van der Waals surface area contributed by atoms with Crippen molar-refractivity contribution in [2.45, 2.75) is 50.7 Å². The quantitative estimate of drug-likeness (QED) is 0.552. The first-order chi connectivity index (χ1) is 17.6. The van der Waals surface area contributed by atoms with Crippen molar-refractivity contribution in [2.75, 3.05) is 32.6 Å². The number of carbonyl (C=O) groups excluding carboxylic acids is 1. The highest BCUT2D eigenvalue weighted by Crippen LogP contribution is 2.53. The molecule has 2 unspecified atom stereocenters. The van der Waals surface area contributed by atoms with Crippen LogP contribution in [0.3, 0.4) is 0 Å². The number of hydrogen-bond acceptors (Lipinski definition) is 7. The number of aromatic nitrogens is 4. The molecule has 2 fully saturated rings. The number of amides is 1. The van der Waals surface area contributed by atoms with Crippen molar-refractivity contribution in [1.82, 2.24) is 30.0 Å². The van der Waals surface area contributed by atoms with Crippen LogP contribution < -0.4 is 10.6 Å². The summed E-state index contributed by atoms with van der Waals surface area (Å²) in [6, 6.07) is 8.29. The van der Waals surface area contributed by atoms with Crippen molar-refractivity contribution in [3.05, 3.63) is 52.5 Å². The minimum atomic E-state index is -0.0642. The highest BCUT2D eigenvalue weighted by Gasteiger charge is 2.48. The van der Waals surface area contributed by atoms with Gasteiger partial charge < -0.3 is 24.8 Å². The molecule has 1 aromatic carbocycles. The van der Waals surface area contributed by atoms with Gasteiger partial charge in [-0.2, -0.15) is 0 Å². The number of fused-ring (bicyclic) bond motifs is 4. The van der Waals surface area contributed by atoms with Crippen LogP contribution in [0.1, 0.15) is 64.1 Å². The smallest absolute Gasteiger partial charge is 0.254 e. The van der Waals surface area contributed by atoms with Crippen LogP contribution >= 0.6 is 0 Å². The van der Waals surface area contributed by atoms with E-state index in [9.17, 15) is 4.79 Å². The van der Waals surface area contributed by atoms with Crippen LogP contribution in [0, 0.1) is 5.92 Å². The summed E-state index contributed by atoms with van der Waals surface area (Å²) in [5.41, 5.74) is 5.80. The van der Waals surface area contributed by atoms with Crippen molar-refractivity contribution < 1.29 is 9.53 Å². The Labute approximate surface area is 210 Å². The third-order valence-electron chi connectivity index (χ3n) is 8.06. The Morgan fingerprint density at radius 3 is 2.86 bits per heavy atom. The molecule has 9 nitrogen and oxygen atoms in total. The molecule has 1 saturated carbocycles. The number of anilines is 2. The molecule has 0 radical (unpaired) electrons. The number of pyridine rings is 1. The fourth-order valence-electron chi connectivity index (χ4n) is 6.16. The predicted molar refractivity (Wildman–Crippen MR) is 135 cm³/mol. The second-order valence-corrected chi connectivity index (χ2v) is 10.8. The second-order valence-electron chi connectivity index (χ2n) is 10.8. The van der Waals surface area contributed by atoms with Crippen LogP contribution in [0.25, 0.3) is 11.4 Å². The fourth-order valence-corrected chi connectivity index (χ4v) is 6.16. The molecule has 3 aromatic rings. The van der Waals surface area contributed by atoms with Crippen LogP contribution in [-0.4, -0.2) is 57.9 Å². The molecule has 2 aromatic heterocycles. The lowest BCUT2D eigenvalue weighted by Gasteiger charge is -2.25. The maximum absolute atomic E-state index is 12.9. The SMILES string of the molecule is CN(C)Cc1nc(Nc2ccc(-c3nnc4n3CC3CC43)c3c2C(=O)NC3)ccc1C1CCOCC1. The lowest BCUT2D eigenvalue weighted by atomic mass is 9.90. The molecule has 186 valence electrons. The molecular formula is C27H31N7O2. The van der Waals surface area contributed by atoms with Crippen molar-refractivity contribution in [3.63, 3.8) is 0 Å². The molecule has 7 rings (SSSR count). The summed E-state index contributed by atoms with van der Waals surface area (Å²) in [5, 5.41) is 15.5. The van der Waals surface area contributed by atoms with Crippen molar-refractivity contribution in [2.24, 2.45) is 5.92 Å². The molecule has 3 aliphatic heterocycles. The predicted octanol–water partition coefficient (Wildman–Crippen LogP) is 3.40. The summed E-state index contributed by atoms with van der Waals surface area (Å²) in [6.45, 7) is 3.85. The molecule has 36 heavy (non-hydrogen) atoms. The average Bonchev–Trinajstić information content (AvgIpc) is 3.17. The molecule has 0 spiro atoms. The van der Waals surface area contributed by atoms with Crippen LogP contribution in [0.5, 0.6) is 0 Å². The first-order valence-electron chi connectivity index (χ1n) is 12.9. The van der Waals surface area contributed by atoms with E-state index in [0.717, 1.165) is 85.0 Å². The molecule has 4 aliphatic rings. The van der Waals surface area contributed by atoms with Gasteiger partial charge in [-0.15, -0.1) is 10.2 Å². The summed E-state index contributed by atoms with van der Waals surface area (Å²) < 4.78 is 7.82. The molecule has 1 aliphatic carbocycles. The minimum Gasteiger partial charge on any atom is -0.381 e. The van der Waals surface area contributed by atoms with E-state index in [1.165, 1.54) is 12.0 Å². The summed E-state index contributed by atoms with van der Waals surface area (Å²) in [6.07, 6.45) is 3.28. The Balaban J connectivity index is 1.23. The van der Waals surface area contributed by atoms with E-state index in [-0.39, 0.29) is 5.91 Å².